The lowest BCUT2D eigenvalue weighted by molar-refractivity contribution is -0.0262. The van der Waals surface area contributed by atoms with E-state index in [2.05, 4.69) is 5.32 Å². The standard InChI is InChI=1S/C17H21NO6/c1-9-10-4-5-13(21-2)16(22-3)15(10)24-14(9)17(20)18-11-6-7-23-8-12(11)19/h4-5,11-12,19H,6-8H2,1-3H3,(H,18,20)/t11-,12-/m0/s1. The molecule has 24 heavy (non-hydrogen) atoms. The Labute approximate surface area is 139 Å². The number of furan rings is 1. The third-order valence-corrected chi connectivity index (χ3v) is 4.30. The van der Waals surface area contributed by atoms with Crippen LogP contribution in [0.3, 0.4) is 0 Å². The molecule has 2 aromatic rings. The van der Waals surface area contributed by atoms with Crippen LogP contribution in [0.5, 0.6) is 11.5 Å². The maximum Gasteiger partial charge on any atom is 0.287 e. The van der Waals surface area contributed by atoms with E-state index in [9.17, 15) is 9.90 Å². The fourth-order valence-electron chi connectivity index (χ4n) is 2.94. The zero-order chi connectivity index (χ0) is 17.3. The lowest BCUT2D eigenvalue weighted by Gasteiger charge is -2.28. The van der Waals surface area contributed by atoms with E-state index in [-0.39, 0.29) is 24.3 Å². The summed E-state index contributed by atoms with van der Waals surface area (Å²) < 4.78 is 21.6. The highest BCUT2D eigenvalue weighted by Gasteiger charge is 2.28. The minimum Gasteiger partial charge on any atom is -0.493 e. The molecular formula is C17H21NO6. The zero-order valence-corrected chi connectivity index (χ0v) is 13.9. The summed E-state index contributed by atoms with van der Waals surface area (Å²) in [7, 11) is 3.06. The van der Waals surface area contributed by atoms with E-state index in [1.807, 2.05) is 13.0 Å². The molecule has 1 aliphatic rings. The minimum absolute atomic E-state index is 0.204. The van der Waals surface area contributed by atoms with Gasteiger partial charge in [-0.05, 0) is 25.5 Å². The third-order valence-electron chi connectivity index (χ3n) is 4.30. The maximum absolute atomic E-state index is 12.6. The van der Waals surface area contributed by atoms with Crippen LogP contribution in [-0.2, 0) is 4.74 Å². The third kappa shape index (κ3) is 2.81. The minimum atomic E-state index is -0.720. The SMILES string of the molecule is COc1ccc2c(C)c(C(=O)N[C@H]3CCOC[C@@H]3O)oc2c1OC. The fraction of sp³-hybridized carbons (Fsp3) is 0.471. The van der Waals surface area contributed by atoms with Crippen molar-refractivity contribution in [3.63, 3.8) is 0 Å². The Morgan fingerprint density at radius 3 is 2.79 bits per heavy atom. The smallest absolute Gasteiger partial charge is 0.287 e. The van der Waals surface area contributed by atoms with E-state index in [0.29, 0.717) is 35.7 Å². The molecule has 0 spiro atoms. The molecule has 1 aliphatic heterocycles. The Kier molecular flexibility index (Phi) is 4.64. The van der Waals surface area contributed by atoms with Gasteiger partial charge in [0.1, 0.15) is 0 Å². The first-order chi connectivity index (χ1) is 11.6. The molecule has 0 unspecified atom stereocenters. The van der Waals surface area contributed by atoms with Gasteiger partial charge in [-0.15, -0.1) is 0 Å². The van der Waals surface area contributed by atoms with Crippen LogP contribution >= 0.6 is 0 Å². The second-order valence-electron chi connectivity index (χ2n) is 5.74. The van der Waals surface area contributed by atoms with Crippen LogP contribution in [0.15, 0.2) is 16.5 Å². The largest absolute Gasteiger partial charge is 0.493 e. The first-order valence-electron chi connectivity index (χ1n) is 7.77. The number of benzene rings is 1. The van der Waals surface area contributed by atoms with Gasteiger partial charge >= 0.3 is 0 Å². The quantitative estimate of drug-likeness (QED) is 0.883. The second-order valence-corrected chi connectivity index (χ2v) is 5.74. The molecule has 7 nitrogen and oxygen atoms in total. The van der Waals surface area contributed by atoms with E-state index in [4.69, 9.17) is 18.6 Å². The van der Waals surface area contributed by atoms with E-state index in [1.54, 1.807) is 13.2 Å². The van der Waals surface area contributed by atoms with Gasteiger partial charge in [0.15, 0.2) is 17.1 Å². The Bertz CT molecular complexity index is 753. The predicted molar refractivity (Wildman–Crippen MR) is 86.8 cm³/mol. The molecule has 1 fully saturated rings. The number of carbonyl (C=O) groups is 1. The summed E-state index contributed by atoms with van der Waals surface area (Å²) in [5, 5.41) is 13.5. The molecule has 2 heterocycles. The summed E-state index contributed by atoms with van der Waals surface area (Å²) in [6.07, 6.45) is -0.162. The molecule has 1 aromatic carbocycles. The van der Waals surface area contributed by atoms with Gasteiger partial charge in [0.2, 0.25) is 5.75 Å². The number of rotatable bonds is 4. The van der Waals surface area contributed by atoms with Crippen LogP contribution < -0.4 is 14.8 Å². The van der Waals surface area contributed by atoms with E-state index < -0.39 is 6.10 Å². The second kappa shape index (κ2) is 6.70. The average molecular weight is 335 g/mol. The van der Waals surface area contributed by atoms with Crippen LogP contribution in [0.1, 0.15) is 22.5 Å². The van der Waals surface area contributed by atoms with Gasteiger partial charge < -0.3 is 29.1 Å². The lowest BCUT2D eigenvalue weighted by atomic mass is 10.1. The van der Waals surface area contributed by atoms with Gasteiger partial charge in [-0.3, -0.25) is 4.79 Å². The van der Waals surface area contributed by atoms with Crippen LogP contribution in [0.4, 0.5) is 0 Å². The van der Waals surface area contributed by atoms with Crippen LogP contribution in [0.25, 0.3) is 11.0 Å². The number of fused-ring (bicyclic) bond motifs is 1. The summed E-state index contributed by atoms with van der Waals surface area (Å²) >= 11 is 0. The van der Waals surface area contributed by atoms with E-state index >= 15 is 0 Å². The van der Waals surface area contributed by atoms with Gasteiger partial charge in [0.25, 0.3) is 5.91 Å². The van der Waals surface area contributed by atoms with Crippen molar-refractivity contribution in [2.75, 3.05) is 27.4 Å². The van der Waals surface area contributed by atoms with Crippen molar-refractivity contribution in [3.8, 4) is 11.5 Å². The predicted octanol–water partition coefficient (Wildman–Crippen LogP) is 1.64. The van der Waals surface area contributed by atoms with Crippen molar-refractivity contribution in [1.82, 2.24) is 5.32 Å². The van der Waals surface area contributed by atoms with Crippen LogP contribution in [-0.4, -0.2) is 50.6 Å². The number of aliphatic hydroxyl groups is 1. The number of amides is 1. The molecule has 7 heteroatoms. The van der Waals surface area contributed by atoms with Crippen molar-refractivity contribution < 1.29 is 28.5 Å². The summed E-state index contributed by atoms with van der Waals surface area (Å²) in [4.78, 5) is 12.6. The number of hydrogen-bond acceptors (Lipinski definition) is 6. The maximum atomic E-state index is 12.6. The number of hydrogen-bond donors (Lipinski definition) is 2. The Morgan fingerprint density at radius 2 is 2.12 bits per heavy atom. The van der Waals surface area contributed by atoms with Gasteiger partial charge in [0, 0.05) is 17.6 Å². The number of aliphatic hydroxyl groups excluding tert-OH is 1. The molecule has 0 bridgehead atoms. The summed E-state index contributed by atoms with van der Waals surface area (Å²) in [6.45, 7) is 2.54. The molecule has 2 atom stereocenters. The lowest BCUT2D eigenvalue weighted by Crippen LogP contribution is -2.48. The molecule has 1 aromatic heterocycles. The highest BCUT2D eigenvalue weighted by molar-refractivity contribution is 6.01. The average Bonchev–Trinajstić information content (AvgIpc) is 2.93. The van der Waals surface area contributed by atoms with Gasteiger partial charge in [-0.2, -0.15) is 0 Å². The number of methoxy groups -OCH3 is 2. The Hall–Kier alpha value is -2.25. The monoisotopic (exact) mass is 335 g/mol. The van der Waals surface area contributed by atoms with Crippen molar-refractivity contribution in [2.24, 2.45) is 0 Å². The molecule has 1 amide bonds. The highest BCUT2D eigenvalue weighted by atomic mass is 16.5. The molecular weight excluding hydrogens is 314 g/mol. The molecule has 0 radical (unpaired) electrons. The Balaban J connectivity index is 1.94. The van der Waals surface area contributed by atoms with Gasteiger partial charge in [0.05, 0.1) is 33.0 Å². The molecule has 0 aliphatic carbocycles. The van der Waals surface area contributed by atoms with Gasteiger partial charge in [-0.1, -0.05) is 0 Å². The fourth-order valence-corrected chi connectivity index (χ4v) is 2.94. The molecule has 1 saturated heterocycles. The number of carbonyl (C=O) groups excluding carboxylic acids is 1. The van der Waals surface area contributed by atoms with Crippen molar-refractivity contribution in [3.05, 3.63) is 23.5 Å². The van der Waals surface area contributed by atoms with Gasteiger partial charge in [-0.25, -0.2) is 0 Å². The zero-order valence-electron chi connectivity index (χ0n) is 13.9. The highest BCUT2D eigenvalue weighted by Crippen LogP contribution is 2.39. The van der Waals surface area contributed by atoms with Crippen LogP contribution in [0.2, 0.25) is 0 Å². The first kappa shape index (κ1) is 16.6. The molecule has 2 N–H and O–H groups in total. The van der Waals surface area contributed by atoms with E-state index in [1.165, 1.54) is 7.11 Å². The van der Waals surface area contributed by atoms with Crippen molar-refractivity contribution in [1.29, 1.82) is 0 Å². The number of nitrogens with one attached hydrogen (secondary N) is 1. The first-order valence-corrected chi connectivity index (χ1v) is 7.77. The van der Waals surface area contributed by atoms with Crippen molar-refractivity contribution in [2.45, 2.75) is 25.5 Å². The normalized spacial score (nSPS) is 20.8. The Morgan fingerprint density at radius 1 is 1.33 bits per heavy atom. The number of aryl methyl sites for hydroxylation is 1. The summed E-state index contributed by atoms with van der Waals surface area (Å²) in [6, 6.07) is 3.25. The topological polar surface area (TPSA) is 90.2 Å². The molecule has 0 saturated carbocycles. The summed E-state index contributed by atoms with van der Waals surface area (Å²) in [5.41, 5.74) is 1.18. The van der Waals surface area contributed by atoms with Crippen molar-refractivity contribution >= 4 is 16.9 Å². The van der Waals surface area contributed by atoms with E-state index in [0.717, 1.165) is 5.39 Å². The number of ether oxygens (including phenoxy) is 3. The molecule has 3 rings (SSSR count). The molecule has 130 valence electrons. The summed E-state index contributed by atoms with van der Waals surface area (Å²) in [5.74, 6) is 0.819. The van der Waals surface area contributed by atoms with Crippen LogP contribution in [0, 0.1) is 6.92 Å².